The number of halogens is 1. The minimum Gasteiger partial charge on any atom is -0.469 e. The number of nitrogens with one attached hydrogen (secondary N) is 1. The first-order valence-electron chi connectivity index (χ1n) is 5.75. The summed E-state index contributed by atoms with van der Waals surface area (Å²) in [6, 6.07) is 6.23. The standard InChI is InChI=1S/C13H16ClNOS/c1-3-7-15-13(10-6-8-16-9(10)2)11-4-5-12(14)17-11/h4-6,8,13,15H,3,7H2,1-2H3. The van der Waals surface area contributed by atoms with Crippen LogP contribution < -0.4 is 5.32 Å². The van der Waals surface area contributed by atoms with Crippen LogP contribution in [0.2, 0.25) is 4.34 Å². The van der Waals surface area contributed by atoms with E-state index in [4.69, 9.17) is 16.0 Å². The molecule has 17 heavy (non-hydrogen) atoms. The minimum absolute atomic E-state index is 0.186. The number of hydrogen-bond donors (Lipinski definition) is 1. The SMILES string of the molecule is CCCNC(c1ccc(Cl)s1)c1ccoc1C. The molecule has 0 aliphatic rings. The molecule has 0 saturated carbocycles. The first kappa shape index (κ1) is 12.7. The molecular weight excluding hydrogens is 254 g/mol. The average molecular weight is 270 g/mol. The van der Waals surface area contributed by atoms with E-state index in [0.717, 1.165) is 23.1 Å². The summed E-state index contributed by atoms with van der Waals surface area (Å²) in [6.45, 7) is 5.13. The fourth-order valence-electron chi connectivity index (χ4n) is 1.83. The lowest BCUT2D eigenvalue weighted by atomic mass is 10.1. The molecule has 0 spiro atoms. The van der Waals surface area contributed by atoms with Crippen LogP contribution in [0, 0.1) is 6.92 Å². The first-order valence-corrected chi connectivity index (χ1v) is 6.94. The van der Waals surface area contributed by atoms with Crippen molar-refractivity contribution >= 4 is 22.9 Å². The van der Waals surface area contributed by atoms with E-state index in [0.29, 0.717) is 0 Å². The van der Waals surface area contributed by atoms with Crippen LogP contribution in [-0.4, -0.2) is 6.54 Å². The van der Waals surface area contributed by atoms with Gasteiger partial charge in [0.25, 0.3) is 0 Å². The van der Waals surface area contributed by atoms with Crippen molar-refractivity contribution in [3.05, 3.63) is 45.0 Å². The monoisotopic (exact) mass is 269 g/mol. The van der Waals surface area contributed by atoms with Crippen LogP contribution in [-0.2, 0) is 0 Å². The van der Waals surface area contributed by atoms with Gasteiger partial charge in [-0.25, -0.2) is 0 Å². The van der Waals surface area contributed by atoms with Gasteiger partial charge in [-0.3, -0.25) is 0 Å². The highest BCUT2D eigenvalue weighted by Crippen LogP contribution is 2.32. The number of furan rings is 1. The van der Waals surface area contributed by atoms with Gasteiger partial charge in [0.2, 0.25) is 0 Å². The molecule has 0 saturated heterocycles. The van der Waals surface area contributed by atoms with E-state index in [1.54, 1.807) is 17.6 Å². The summed E-state index contributed by atoms with van der Waals surface area (Å²) in [6.07, 6.45) is 2.84. The summed E-state index contributed by atoms with van der Waals surface area (Å²) < 4.78 is 6.21. The van der Waals surface area contributed by atoms with Crippen LogP contribution in [0.5, 0.6) is 0 Å². The molecule has 4 heteroatoms. The van der Waals surface area contributed by atoms with Gasteiger partial charge in [-0.05, 0) is 38.1 Å². The first-order chi connectivity index (χ1) is 8.22. The second-order valence-corrected chi connectivity index (χ2v) is 5.71. The van der Waals surface area contributed by atoms with Gasteiger partial charge in [-0.2, -0.15) is 0 Å². The highest BCUT2D eigenvalue weighted by molar-refractivity contribution is 7.16. The molecular formula is C13H16ClNOS. The fourth-order valence-corrected chi connectivity index (χ4v) is 2.99. The third-order valence-electron chi connectivity index (χ3n) is 2.69. The van der Waals surface area contributed by atoms with Gasteiger partial charge in [0, 0.05) is 10.4 Å². The molecule has 1 N–H and O–H groups in total. The Balaban J connectivity index is 2.28. The second kappa shape index (κ2) is 5.71. The predicted molar refractivity (Wildman–Crippen MR) is 72.9 cm³/mol. The lowest BCUT2D eigenvalue weighted by Gasteiger charge is -2.16. The largest absolute Gasteiger partial charge is 0.469 e. The van der Waals surface area contributed by atoms with Crippen LogP contribution in [0.25, 0.3) is 0 Å². The van der Waals surface area contributed by atoms with Gasteiger partial charge in [-0.1, -0.05) is 18.5 Å². The maximum absolute atomic E-state index is 6.01. The van der Waals surface area contributed by atoms with E-state index in [2.05, 4.69) is 18.3 Å². The molecule has 1 unspecified atom stereocenters. The van der Waals surface area contributed by atoms with E-state index in [-0.39, 0.29) is 6.04 Å². The Kier molecular flexibility index (Phi) is 4.26. The Bertz CT molecular complexity index is 477. The average Bonchev–Trinajstić information content (AvgIpc) is 2.90. The molecule has 0 aliphatic heterocycles. The van der Waals surface area contributed by atoms with Crippen molar-refractivity contribution in [3.8, 4) is 0 Å². The fraction of sp³-hybridized carbons (Fsp3) is 0.385. The summed E-state index contributed by atoms with van der Waals surface area (Å²) >= 11 is 7.62. The van der Waals surface area contributed by atoms with Gasteiger partial charge >= 0.3 is 0 Å². The van der Waals surface area contributed by atoms with Crippen molar-refractivity contribution in [1.29, 1.82) is 0 Å². The molecule has 2 heterocycles. The Morgan fingerprint density at radius 1 is 1.41 bits per heavy atom. The third kappa shape index (κ3) is 2.92. The molecule has 2 nitrogen and oxygen atoms in total. The van der Waals surface area contributed by atoms with Gasteiger partial charge in [0.15, 0.2) is 0 Å². The van der Waals surface area contributed by atoms with E-state index < -0.39 is 0 Å². The molecule has 2 aromatic heterocycles. The van der Waals surface area contributed by atoms with E-state index in [1.807, 2.05) is 19.1 Å². The highest BCUT2D eigenvalue weighted by atomic mass is 35.5. The lowest BCUT2D eigenvalue weighted by molar-refractivity contribution is 0.518. The molecule has 2 rings (SSSR count). The topological polar surface area (TPSA) is 25.2 Å². The minimum atomic E-state index is 0.186. The van der Waals surface area contributed by atoms with Crippen LogP contribution in [0.1, 0.15) is 35.6 Å². The van der Waals surface area contributed by atoms with Crippen molar-refractivity contribution in [1.82, 2.24) is 5.32 Å². The van der Waals surface area contributed by atoms with Crippen molar-refractivity contribution in [2.24, 2.45) is 0 Å². The van der Waals surface area contributed by atoms with Gasteiger partial charge < -0.3 is 9.73 Å². The quantitative estimate of drug-likeness (QED) is 0.871. The van der Waals surface area contributed by atoms with Gasteiger partial charge in [0.1, 0.15) is 5.76 Å². The number of aryl methyl sites for hydroxylation is 1. The second-order valence-electron chi connectivity index (χ2n) is 3.96. The number of thiophene rings is 1. The summed E-state index contributed by atoms with van der Waals surface area (Å²) in [7, 11) is 0. The Hall–Kier alpha value is -0.770. The number of rotatable bonds is 5. The highest BCUT2D eigenvalue weighted by Gasteiger charge is 2.18. The lowest BCUT2D eigenvalue weighted by Crippen LogP contribution is -2.22. The van der Waals surface area contributed by atoms with E-state index in [9.17, 15) is 0 Å². The van der Waals surface area contributed by atoms with Crippen LogP contribution in [0.4, 0.5) is 0 Å². The summed E-state index contributed by atoms with van der Waals surface area (Å²) in [4.78, 5) is 1.23. The Morgan fingerprint density at radius 3 is 2.76 bits per heavy atom. The Morgan fingerprint density at radius 2 is 2.24 bits per heavy atom. The zero-order chi connectivity index (χ0) is 12.3. The summed E-state index contributed by atoms with van der Waals surface area (Å²) in [5.74, 6) is 0.961. The molecule has 1 atom stereocenters. The predicted octanol–water partition coefficient (Wildman–Crippen LogP) is 4.39. The molecule has 0 radical (unpaired) electrons. The zero-order valence-corrected chi connectivity index (χ0v) is 11.6. The van der Waals surface area contributed by atoms with Crippen LogP contribution in [0.3, 0.4) is 0 Å². The maximum Gasteiger partial charge on any atom is 0.105 e. The molecule has 92 valence electrons. The third-order valence-corrected chi connectivity index (χ3v) is 3.98. The summed E-state index contributed by atoms with van der Waals surface area (Å²) in [5, 5.41) is 3.53. The smallest absolute Gasteiger partial charge is 0.105 e. The number of hydrogen-bond acceptors (Lipinski definition) is 3. The van der Waals surface area contributed by atoms with Crippen molar-refractivity contribution < 1.29 is 4.42 Å². The summed E-state index contributed by atoms with van der Waals surface area (Å²) in [5.41, 5.74) is 1.19. The van der Waals surface area contributed by atoms with E-state index >= 15 is 0 Å². The van der Waals surface area contributed by atoms with Crippen molar-refractivity contribution in [2.75, 3.05) is 6.54 Å². The zero-order valence-electron chi connectivity index (χ0n) is 10.00. The van der Waals surface area contributed by atoms with E-state index in [1.165, 1.54) is 10.4 Å². The molecule has 0 bridgehead atoms. The molecule has 0 aliphatic carbocycles. The normalized spacial score (nSPS) is 12.9. The Labute approximate surface area is 111 Å². The van der Waals surface area contributed by atoms with Crippen LogP contribution in [0.15, 0.2) is 28.9 Å². The molecule has 0 aromatic carbocycles. The molecule has 2 aromatic rings. The molecule has 0 amide bonds. The van der Waals surface area contributed by atoms with Gasteiger partial charge in [-0.15, -0.1) is 11.3 Å². The van der Waals surface area contributed by atoms with Crippen molar-refractivity contribution in [3.63, 3.8) is 0 Å². The van der Waals surface area contributed by atoms with Gasteiger partial charge in [0.05, 0.1) is 16.6 Å². The molecule has 0 fully saturated rings. The van der Waals surface area contributed by atoms with Crippen molar-refractivity contribution in [2.45, 2.75) is 26.3 Å². The van der Waals surface area contributed by atoms with Crippen LogP contribution >= 0.6 is 22.9 Å². The maximum atomic E-state index is 6.01.